The average molecular weight is 399 g/mol. The summed E-state index contributed by atoms with van der Waals surface area (Å²) in [5.74, 6) is 0.395. The van der Waals surface area contributed by atoms with Crippen LogP contribution in [0.3, 0.4) is 0 Å². The molecule has 0 saturated carbocycles. The summed E-state index contributed by atoms with van der Waals surface area (Å²) in [4.78, 5) is 34.6. The molecule has 0 N–H and O–H groups in total. The monoisotopic (exact) mass is 399 g/mol. The number of carbonyl (C=O) groups excluding carboxylic acids is 2. The smallest absolute Gasteiger partial charge is 0.254 e. The van der Waals surface area contributed by atoms with Gasteiger partial charge in [-0.15, -0.1) is 0 Å². The molecule has 6 heteroatoms. The minimum absolute atomic E-state index is 0.108. The standard InChI is InChI=1S/C24H21N3O3/c28-23(17-8-2-1-3-9-17)27-16-19-14-21(27)24(29)26(15-18-10-6-7-13-25-18)20-11-4-5-12-22(20)30-19/h1-13,19,21H,14-16H2. The first-order valence-electron chi connectivity index (χ1n) is 10.0. The molecule has 1 saturated heterocycles. The molecule has 2 aliphatic heterocycles. The number of likely N-dealkylation sites (tertiary alicyclic amines) is 1. The van der Waals surface area contributed by atoms with Crippen LogP contribution in [0, 0.1) is 0 Å². The minimum Gasteiger partial charge on any atom is -0.486 e. The van der Waals surface area contributed by atoms with Crippen molar-refractivity contribution in [2.45, 2.75) is 25.1 Å². The third-order valence-electron chi connectivity index (χ3n) is 5.59. The van der Waals surface area contributed by atoms with Crippen LogP contribution in [-0.4, -0.2) is 40.4 Å². The van der Waals surface area contributed by atoms with Crippen LogP contribution in [0.15, 0.2) is 79.0 Å². The Morgan fingerprint density at radius 1 is 1.00 bits per heavy atom. The molecule has 2 aromatic carbocycles. The van der Waals surface area contributed by atoms with Crippen molar-refractivity contribution in [2.24, 2.45) is 0 Å². The third kappa shape index (κ3) is 3.30. The zero-order chi connectivity index (χ0) is 20.5. The van der Waals surface area contributed by atoms with Gasteiger partial charge in [0.2, 0.25) is 5.91 Å². The molecule has 2 amide bonds. The highest BCUT2D eigenvalue weighted by Crippen LogP contribution is 2.37. The van der Waals surface area contributed by atoms with Crippen LogP contribution >= 0.6 is 0 Å². The van der Waals surface area contributed by atoms with E-state index in [0.717, 1.165) is 5.69 Å². The van der Waals surface area contributed by atoms with Crippen molar-refractivity contribution in [3.05, 3.63) is 90.3 Å². The highest BCUT2D eigenvalue weighted by molar-refractivity contribution is 6.03. The van der Waals surface area contributed by atoms with Gasteiger partial charge in [0.1, 0.15) is 17.9 Å². The quantitative estimate of drug-likeness (QED) is 0.678. The summed E-state index contributed by atoms with van der Waals surface area (Å²) in [6.07, 6.45) is 1.97. The summed E-state index contributed by atoms with van der Waals surface area (Å²) >= 11 is 0. The highest BCUT2D eigenvalue weighted by Gasteiger charge is 2.45. The van der Waals surface area contributed by atoms with E-state index in [1.807, 2.05) is 60.7 Å². The first-order valence-corrected chi connectivity index (χ1v) is 10.0. The Kier molecular flexibility index (Phi) is 4.67. The number of pyridine rings is 1. The van der Waals surface area contributed by atoms with Crippen molar-refractivity contribution in [1.82, 2.24) is 9.88 Å². The molecule has 5 rings (SSSR count). The van der Waals surface area contributed by atoms with Crippen LogP contribution in [0.25, 0.3) is 0 Å². The van der Waals surface area contributed by atoms with Crippen molar-refractivity contribution in [1.29, 1.82) is 0 Å². The zero-order valence-corrected chi connectivity index (χ0v) is 16.3. The number of para-hydroxylation sites is 2. The van der Waals surface area contributed by atoms with Crippen LogP contribution in [0.4, 0.5) is 5.69 Å². The fourth-order valence-corrected chi connectivity index (χ4v) is 4.16. The van der Waals surface area contributed by atoms with Gasteiger partial charge in [0.25, 0.3) is 5.91 Å². The van der Waals surface area contributed by atoms with E-state index >= 15 is 0 Å². The fraction of sp³-hybridized carbons (Fsp3) is 0.208. The number of fused-ring (bicyclic) bond motifs is 3. The fourth-order valence-electron chi connectivity index (χ4n) is 4.16. The number of nitrogens with zero attached hydrogens (tertiary/aromatic N) is 3. The molecule has 1 fully saturated rings. The first-order chi connectivity index (χ1) is 14.7. The number of anilines is 1. The molecule has 0 aliphatic carbocycles. The van der Waals surface area contributed by atoms with E-state index in [-0.39, 0.29) is 17.9 Å². The maximum Gasteiger partial charge on any atom is 0.254 e. The van der Waals surface area contributed by atoms with E-state index in [4.69, 9.17) is 4.74 Å². The van der Waals surface area contributed by atoms with Gasteiger partial charge in [-0.1, -0.05) is 36.4 Å². The number of rotatable bonds is 3. The summed E-state index contributed by atoms with van der Waals surface area (Å²) in [7, 11) is 0. The van der Waals surface area contributed by atoms with Gasteiger partial charge in [-0.05, 0) is 36.4 Å². The number of hydrogen-bond donors (Lipinski definition) is 0. The lowest BCUT2D eigenvalue weighted by Gasteiger charge is -2.31. The highest BCUT2D eigenvalue weighted by atomic mass is 16.5. The largest absolute Gasteiger partial charge is 0.486 e. The van der Waals surface area contributed by atoms with Gasteiger partial charge < -0.3 is 14.5 Å². The summed E-state index contributed by atoms with van der Waals surface area (Å²) in [5, 5.41) is 0. The zero-order valence-electron chi connectivity index (χ0n) is 16.3. The van der Waals surface area contributed by atoms with Crippen molar-refractivity contribution in [3.8, 4) is 5.75 Å². The third-order valence-corrected chi connectivity index (χ3v) is 5.59. The predicted molar refractivity (Wildman–Crippen MR) is 112 cm³/mol. The minimum atomic E-state index is -0.570. The lowest BCUT2D eigenvalue weighted by Crippen LogP contribution is -2.48. The van der Waals surface area contributed by atoms with Gasteiger partial charge in [-0.25, -0.2) is 0 Å². The Labute approximate surface area is 174 Å². The van der Waals surface area contributed by atoms with Crippen LogP contribution < -0.4 is 9.64 Å². The first kappa shape index (κ1) is 18.4. The maximum absolute atomic E-state index is 13.7. The molecule has 2 unspecified atom stereocenters. The number of benzene rings is 2. The lowest BCUT2D eigenvalue weighted by atomic mass is 10.1. The second-order valence-corrected chi connectivity index (χ2v) is 7.53. The van der Waals surface area contributed by atoms with Gasteiger partial charge in [0.05, 0.1) is 24.5 Å². The lowest BCUT2D eigenvalue weighted by molar-refractivity contribution is -0.122. The molecule has 6 nitrogen and oxygen atoms in total. The SMILES string of the molecule is O=C1C2CC(CN2C(=O)c2ccccc2)Oc2ccccc2N1Cc1ccccn1. The van der Waals surface area contributed by atoms with E-state index in [2.05, 4.69) is 4.98 Å². The molecule has 2 atom stereocenters. The summed E-state index contributed by atoms with van der Waals surface area (Å²) in [6.45, 7) is 0.699. The molecule has 150 valence electrons. The molecular weight excluding hydrogens is 378 g/mol. The second kappa shape index (κ2) is 7.63. The van der Waals surface area contributed by atoms with Crippen LogP contribution in [0.2, 0.25) is 0 Å². The predicted octanol–water partition coefficient (Wildman–Crippen LogP) is 3.29. The molecule has 2 aliphatic rings. The molecule has 1 aromatic heterocycles. The van der Waals surface area contributed by atoms with E-state index < -0.39 is 6.04 Å². The van der Waals surface area contributed by atoms with Crippen LogP contribution in [-0.2, 0) is 11.3 Å². The summed E-state index contributed by atoms with van der Waals surface area (Å²) in [6, 6.07) is 21.7. The van der Waals surface area contributed by atoms with Crippen molar-refractivity contribution < 1.29 is 14.3 Å². The Morgan fingerprint density at radius 2 is 1.77 bits per heavy atom. The summed E-state index contributed by atoms with van der Waals surface area (Å²) in [5.41, 5.74) is 2.05. The van der Waals surface area contributed by atoms with Gasteiger partial charge in [-0.2, -0.15) is 0 Å². The molecule has 30 heavy (non-hydrogen) atoms. The number of ether oxygens (including phenoxy) is 1. The van der Waals surface area contributed by atoms with Gasteiger partial charge >= 0.3 is 0 Å². The van der Waals surface area contributed by atoms with Gasteiger partial charge in [-0.3, -0.25) is 14.6 Å². The average Bonchev–Trinajstić information content (AvgIpc) is 3.22. The van der Waals surface area contributed by atoms with Crippen molar-refractivity contribution in [3.63, 3.8) is 0 Å². The van der Waals surface area contributed by atoms with E-state index in [0.29, 0.717) is 36.5 Å². The molecule has 0 spiro atoms. The van der Waals surface area contributed by atoms with Gasteiger partial charge in [0, 0.05) is 18.2 Å². The van der Waals surface area contributed by atoms with Gasteiger partial charge in [0.15, 0.2) is 0 Å². The maximum atomic E-state index is 13.7. The van der Waals surface area contributed by atoms with E-state index in [1.165, 1.54) is 0 Å². The normalized spacial score (nSPS) is 20.2. The number of carbonyl (C=O) groups is 2. The molecule has 3 heterocycles. The second-order valence-electron chi connectivity index (χ2n) is 7.53. The Bertz CT molecular complexity index is 1070. The van der Waals surface area contributed by atoms with Crippen molar-refractivity contribution in [2.75, 3.05) is 11.4 Å². The molecule has 0 radical (unpaired) electrons. The number of amides is 2. The Balaban J connectivity index is 1.53. The number of aromatic nitrogens is 1. The van der Waals surface area contributed by atoms with Crippen LogP contribution in [0.5, 0.6) is 5.75 Å². The Morgan fingerprint density at radius 3 is 2.57 bits per heavy atom. The van der Waals surface area contributed by atoms with Crippen molar-refractivity contribution >= 4 is 17.5 Å². The number of hydrogen-bond acceptors (Lipinski definition) is 4. The van der Waals surface area contributed by atoms with Crippen LogP contribution in [0.1, 0.15) is 22.5 Å². The molecule has 2 bridgehead atoms. The topological polar surface area (TPSA) is 62.7 Å². The molecular formula is C24H21N3O3. The Hall–Kier alpha value is -3.67. The van der Waals surface area contributed by atoms with E-state index in [1.54, 1.807) is 28.1 Å². The molecule has 3 aromatic rings. The van der Waals surface area contributed by atoms with E-state index in [9.17, 15) is 9.59 Å². The summed E-state index contributed by atoms with van der Waals surface area (Å²) < 4.78 is 6.25.